The second-order valence-electron chi connectivity index (χ2n) is 5.60. The van der Waals surface area contributed by atoms with Gasteiger partial charge in [0.2, 0.25) is 0 Å². The molecule has 0 radical (unpaired) electrons. The zero-order valence-corrected chi connectivity index (χ0v) is 14.0. The van der Waals surface area contributed by atoms with E-state index in [1.807, 2.05) is 0 Å². The molecule has 4 heteroatoms. The van der Waals surface area contributed by atoms with Crippen molar-refractivity contribution in [2.24, 2.45) is 5.92 Å². The van der Waals surface area contributed by atoms with Crippen LogP contribution in [-0.4, -0.2) is 38.6 Å². The normalized spacial score (nSPS) is 17.2. The van der Waals surface area contributed by atoms with Crippen molar-refractivity contribution in [2.45, 2.75) is 18.7 Å². The summed E-state index contributed by atoms with van der Waals surface area (Å²) in [6.07, 6.45) is 2.57. The highest BCUT2D eigenvalue weighted by Crippen LogP contribution is 2.28. The topological polar surface area (TPSA) is 6.48 Å². The van der Waals surface area contributed by atoms with Gasteiger partial charge in [0.25, 0.3) is 0 Å². The predicted molar refractivity (Wildman–Crippen MR) is 87.2 cm³/mol. The Hall–Kier alpha value is -0.250. The Morgan fingerprint density at radius 3 is 2.53 bits per heavy atom. The van der Waals surface area contributed by atoms with Crippen LogP contribution in [0.4, 0.5) is 5.69 Å². The summed E-state index contributed by atoms with van der Waals surface area (Å²) in [5.74, 6) is 1.41. The van der Waals surface area contributed by atoms with Crippen LogP contribution in [-0.2, 0) is 5.88 Å². The van der Waals surface area contributed by atoms with Crippen LogP contribution in [0.3, 0.4) is 0 Å². The van der Waals surface area contributed by atoms with Crippen LogP contribution in [0.2, 0.25) is 0 Å². The summed E-state index contributed by atoms with van der Waals surface area (Å²) in [5.41, 5.74) is 2.47. The van der Waals surface area contributed by atoms with E-state index in [2.05, 4.69) is 58.0 Å². The minimum Gasteiger partial charge on any atom is -0.371 e. The second-order valence-corrected chi connectivity index (χ2v) is 6.72. The molecule has 0 unspecified atom stereocenters. The highest BCUT2D eigenvalue weighted by molar-refractivity contribution is 9.10. The van der Waals surface area contributed by atoms with Crippen LogP contribution < -0.4 is 4.90 Å². The number of halogens is 2. The molecule has 1 saturated heterocycles. The van der Waals surface area contributed by atoms with E-state index in [1.165, 1.54) is 25.1 Å². The second kappa shape index (κ2) is 6.96. The van der Waals surface area contributed by atoms with Gasteiger partial charge in [-0.1, -0.05) is 22.0 Å². The summed E-state index contributed by atoms with van der Waals surface area (Å²) >= 11 is 9.49. The minimum atomic E-state index is 0.561. The van der Waals surface area contributed by atoms with Gasteiger partial charge in [-0.15, -0.1) is 11.6 Å². The highest BCUT2D eigenvalue weighted by Gasteiger charge is 2.20. The van der Waals surface area contributed by atoms with E-state index in [0.717, 1.165) is 29.0 Å². The number of piperidine rings is 1. The molecule has 106 valence electrons. The lowest BCUT2D eigenvalue weighted by atomic mass is 9.96. The third-order valence-electron chi connectivity index (χ3n) is 3.78. The SMILES string of the molecule is CN(C)CC1CCN(c2ccc(CCl)c(Br)c2)CC1. The van der Waals surface area contributed by atoms with Crippen molar-refractivity contribution in [3.63, 3.8) is 0 Å². The van der Waals surface area contributed by atoms with Crippen molar-refractivity contribution in [3.05, 3.63) is 28.2 Å². The number of hydrogen-bond acceptors (Lipinski definition) is 2. The Labute approximate surface area is 129 Å². The molecule has 1 aliphatic heterocycles. The van der Waals surface area contributed by atoms with E-state index in [1.54, 1.807) is 0 Å². The summed E-state index contributed by atoms with van der Waals surface area (Å²) in [5, 5.41) is 0. The van der Waals surface area contributed by atoms with Gasteiger partial charge in [0.1, 0.15) is 0 Å². The van der Waals surface area contributed by atoms with Crippen LogP contribution in [0.5, 0.6) is 0 Å². The molecular weight excluding hydrogens is 324 g/mol. The maximum absolute atomic E-state index is 5.89. The molecule has 19 heavy (non-hydrogen) atoms. The van der Waals surface area contributed by atoms with Crippen molar-refractivity contribution in [1.82, 2.24) is 4.90 Å². The van der Waals surface area contributed by atoms with E-state index < -0.39 is 0 Å². The molecule has 2 rings (SSSR count). The van der Waals surface area contributed by atoms with Gasteiger partial charge in [-0.05, 0) is 50.6 Å². The molecule has 1 heterocycles. The fourth-order valence-corrected chi connectivity index (χ4v) is 3.63. The van der Waals surface area contributed by atoms with Crippen LogP contribution >= 0.6 is 27.5 Å². The quantitative estimate of drug-likeness (QED) is 0.762. The lowest BCUT2D eigenvalue weighted by Gasteiger charge is -2.34. The van der Waals surface area contributed by atoms with E-state index in [-0.39, 0.29) is 0 Å². The van der Waals surface area contributed by atoms with E-state index in [0.29, 0.717) is 5.88 Å². The van der Waals surface area contributed by atoms with Gasteiger partial charge < -0.3 is 9.80 Å². The molecule has 0 aliphatic carbocycles. The molecule has 1 aromatic rings. The van der Waals surface area contributed by atoms with Crippen LogP contribution in [0, 0.1) is 5.92 Å². The average Bonchev–Trinajstić information content (AvgIpc) is 2.39. The van der Waals surface area contributed by atoms with Gasteiger partial charge in [0.05, 0.1) is 0 Å². The molecule has 0 amide bonds. The standard InChI is InChI=1S/C15H22BrClN2/c1-18(2)11-12-5-7-19(8-6-12)14-4-3-13(10-17)15(16)9-14/h3-4,9,12H,5-8,10-11H2,1-2H3. The number of rotatable bonds is 4. The number of hydrogen-bond donors (Lipinski definition) is 0. The molecule has 0 saturated carbocycles. The van der Waals surface area contributed by atoms with Crippen LogP contribution in [0.1, 0.15) is 18.4 Å². The highest BCUT2D eigenvalue weighted by atomic mass is 79.9. The summed E-state index contributed by atoms with van der Waals surface area (Å²) in [6.45, 7) is 3.53. The summed E-state index contributed by atoms with van der Waals surface area (Å²) in [4.78, 5) is 4.78. The van der Waals surface area contributed by atoms with Gasteiger partial charge in [-0.3, -0.25) is 0 Å². The molecule has 0 bridgehead atoms. The maximum Gasteiger partial charge on any atom is 0.0485 e. The Kier molecular flexibility index (Phi) is 5.55. The van der Waals surface area contributed by atoms with Gasteiger partial charge in [-0.2, -0.15) is 0 Å². The monoisotopic (exact) mass is 344 g/mol. The molecule has 0 spiro atoms. The third kappa shape index (κ3) is 4.11. The van der Waals surface area contributed by atoms with Crippen LogP contribution in [0.15, 0.2) is 22.7 Å². The first-order valence-electron chi connectivity index (χ1n) is 6.84. The van der Waals surface area contributed by atoms with E-state index in [9.17, 15) is 0 Å². The fraction of sp³-hybridized carbons (Fsp3) is 0.600. The van der Waals surface area contributed by atoms with Gasteiger partial charge >= 0.3 is 0 Å². The van der Waals surface area contributed by atoms with Gasteiger partial charge in [0, 0.05) is 35.7 Å². The molecule has 1 aromatic carbocycles. The Bertz CT molecular complexity index is 415. The Morgan fingerprint density at radius 1 is 1.32 bits per heavy atom. The first-order chi connectivity index (χ1) is 9.10. The largest absolute Gasteiger partial charge is 0.371 e. The van der Waals surface area contributed by atoms with Gasteiger partial charge in [-0.25, -0.2) is 0 Å². The molecule has 1 aliphatic rings. The zero-order valence-electron chi connectivity index (χ0n) is 11.7. The maximum atomic E-state index is 5.89. The first kappa shape index (κ1) is 15.1. The average molecular weight is 346 g/mol. The molecule has 0 atom stereocenters. The predicted octanol–water partition coefficient (Wildman–Crippen LogP) is 3.97. The minimum absolute atomic E-state index is 0.561. The number of benzene rings is 1. The lowest BCUT2D eigenvalue weighted by molar-refractivity contribution is 0.285. The zero-order chi connectivity index (χ0) is 13.8. The fourth-order valence-electron chi connectivity index (χ4n) is 2.73. The lowest BCUT2D eigenvalue weighted by Crippen LogP contribution is -2.37. The van der Waals surface area contributed by atoms with Crippen molar-refractivity contribution < 1.29 is 0 Å². The molecule has 0 aromatic heterocycles. The smallest absolute Gasteiger partial charge is 0.0485 e. The van der Waals surface area contributed by atoms with Crippen LogP contribution in [0.25, 0.3) is 0 Å². The molecule has 0 N–H and O–H groups in total. The number of nitrogens with zero attached hydrogens (tertiary/aromatic N) is 2. The molecule has 2 nitrogen and oxygen atoms in total. The molecular formula is C15H22BrClN2. The first-order valence-corrected chi connectivity index (χ1v) is 8.17. The van der Waals surface area contributed by atoms with Crippen molar-refractivity contribution in [1.29, 1.82) is 0 Å². The summed E-state index contributed by atoms with van der Waals surface area (Å²) in [7, 11) is 4.32. The number of anilines is 1. The summed E-state index contributed by atoms with van der Waals surface area (Å²) in [6, 6.07) is 6.51. The van der Waals surface area contributed by atoms with E-state index in [4.69, 9.17) is 11.6 Å². The Morgan fingerprint density at radius 2 is 2.00 bits per heavy atom. The van der Waals surface area contributed by atoms with Crippen molar-refractivity contribution in [2.75, 3.05) is 38.6 Å². The summed E-state index contributed by atoms with van der Waals surface area (Å²) < 4.78 is 1.12. The van der Waals surface area contributed by atoms with Crippen molar-refractivity contribution >= 4 is 33.2 Å². The van der Waals surface area contributed by atoms with E-state index >= 15 is 0 Å². The third-order valence-corrected chi connectivity index (χ3v) is 4.81. The van der Waals surface area contributed by atoms with Crippen molar-refractivity contribution in [3.8, 4) is 0 Å². The number of alkyl halides is 1. The van der Waals surface area contributed by atoms with Gasteiger partial charge in [0.15, 0.2) is 0 Å². The Balaban J connectivity index is 1.96. The molecule has 1 fully saturated rings.